The molecule has 1 amide bonds. The Morgan fingerprint density at radius 1 is 1.47 bits per heavy atom. The van der Waals surface area contributed by atoms with Crippen LogP contribution in [0.5, 0.6) is 0 Å². The van der Waals surface area contributed by atoms with E-state index in [2.05, 4.69) is 4.98 Å². The Morgan fingerprint density at radius 3 is 3.06 bits per heavy atom. The third-order valence-electron chi connectivity index (χ3n) is 3.09. The number of aromatic nitrogens is 2. The summed E-state index contributed by atoms with van der Waals surface area (Å²) in [6.07, 6.45) is 4.62. The zero-order valence-corrected chi connectivity index (χ0v) is 9.35. The highest BCUT2D eigenvalue weighted by Crippen LogP contribution is 2.27. The number of fused-ring (bicyclic) bond motifs is 1. The fraction of sp³-hybridized carbons (Fsp3) is 0.333. The van der Waals surface area contributed by atoms with Crippen molar-refractivity contribution in [1.82, 2.24) is 9.55 Å². The minimum atomic E-state index is -0.464. The molecule has 0 aromatic carbocycles. The Hall–Kier alpha value is -2.04. The lowest BCUT2D eigenvalue weighted by Gasteiger charge is -2.16. The predicted octanol–water partition coefficient (Wildman–Crippen LogP) is 1.58. The maximum Gasteiger partial charge on any atom is 0.269 e. The van der Waals surface area contributed by atoms with Crippen molar-refractivity contribution in [3.8, 4) is 11.6 Å². The number of nitrogens with two attached hydrogens (primary N) is 1. The third-order valence-corrected chi connectivity index (χ3v) is 3.09. The summed E-state index contributed by atoms with van der Waals surface area (Å²) in [6, 6.07) is 3.65. The van der Waals surface area contributed by atoms with Gasteiger partial charge in [-0.3, -0.25) is 4.79 Å². The van der Waals surface area contributed by atoms with Crippen molar-refractivity contribution in [2.45, 2.75) is 25.8 Å². The van der Waals surface area contributed by atoms with E-state index in [4.69, 9.17) is 10.2 Å². The van der Waals surface area contributed by atoms with Gasteiger partial charge in [0.2, 0.25) is 0 Å². The first-order valence-electron chi connectivity index (χ1n) is 5.70. The summed E-state index contributed by atoms with van der Waals surface area (Å²) in [5.41, 5.74) is 6.68. The van der Waals surface area contributed by atoms with Crippen molar-refractivity contribution >= 4 is 5.91 Å². The highest BCUT2D eigenvalue weighted by molar-refractivity contribution is 5.92. The molecule has 2 N–H and O–H groups in total. The lowest BCUT2D eigenvalue weighted by atomic mass is 10.1. The largest absolute Gasteiger partial charge is 0.461 e. The van der Waals surface area contributed by atoms with Crippen LogP contribution in [0.2, 0.25) is 0 Å². The van der Waals surface area contributed by atoms with Gasteiger partial charge in [0.15, 0.2) is 11.6 Å². The monoisotopic (exact) mass is 231 g/mol. The topological polar surface area (TPSA) is 74.1 Å². The van der Waals surface area contributed by atoms with Crippen molar-refractivity contribution in [3.63, 3.8) is 0 Å². The van der Waals surface area contributed by atoms with E-state index >= 15 is 0 Å². The molecule has 0 saturated carbocycles. The van der Waals surface area contributed by atoms with E-state index in [-0.39, 0.29) is 0 Å². The second kappa shape index (κ2) is 3.76. The Labute approximate surface area is 98.2 Å². The second-order valence-electron chi connectivity index (χ2n) is 4.18. The minimum absolute atomic E-state index is 0.385. The summed E-state index contributed by atoms with van der Waals surface area (Å²) in [7, 11) is 0. The highest BCUT2D eigenvalue weighted by Gasteiger charge is 2.24. The average Bonchev–Trinajstić information content (AvgIpc) is 2.95. The molecule has 0 bridgehead atoms. The van der Waals surface area contributed by atoms with Crippen molar-refractivity contribution < 1.29 is 9.21 Å². The molecule has 1 aliphatic heterocycles. The van der Waals surface area contributed by atoms with Gasteiger partial charge < -0.3 is 14.7 Å². The van der Waals surface area contributed by atoms with Crippen LogP contribution in [0.1, 0.15) is 29.0 Å². The average molecular weight is 231 g/mol. The van der Waals surface area contributed by atoms with Crippen LogP contribution < -0.4 is 5.73 Å². The molecule has 1 aliphatic rings. The highest BCUT2D eigenvalue weighted by atomic mass is 16.3. The van der Waals surface area contributed by atoms with Gasteiger partial charge in [0, 0.05) is 6.54 Å². The smallest absolute Gasteiger partial charge is 0.269 e. The number of nitrogens with zero attached hydrogens (tertiary/aromatic N) is 2. The van der Waals surface area contributed by atoms with Gasteiger partial charge in [0.05, 0.1) is 12.0 Å². The maximum absolute atomic E-state index is 11.4. The summed E-state index contributed by atoms with van der Waals surface area (Å²) in [4.78, 5) is 15.7. The van der Waals surface area contributed by atoms with Crippen LogP contribution in [0.4, 0.5) is 0 Å². The molecule has 0 fully saturated rings. The summed E-state index contributed by atoms with van der Waals surface area (Å²) in [6.45, 7) is 0.867. The van der Waals surface area contributed by atoms with Crippen LogP contribution in [0.15, 0.2) is 22.8 Å². The van der Waals surface area contributed by atoms with Gasteiger partial charge in [-0.05, 0) is 31.4 Å². The first-order chi connectivity index (χ1) is 8.27. The van der Waals surface area contributed by atoms with E-state index in [1.165, 1.54) is 0 Å². The van der Waals surface area contributed by atoms with Crippen LogP contribution in [0, 0.1) is 0 Å². The van der Waals surface area contributed by atoms with Crippen LogP contribution in [-0.4, -0.2) is 15.5 Å². The fourth-order valence-corrected chi connectivity index (χ4v) is 2.33. The molecule has 3 rings (SSSR count). The molecule has 17 heavy (non-hydrogen) atoms. The molecule has 2 aromatic heterocycles. The predicted molar refractivity (Wildman–Crippen MR) is 61.4 cm³/mol. The molecule has 0 saturated heterocycles. The zero-order valence-electron chi connectivity index (χ0n) is 9.35. The Balaban J connectivity index is 2.19. The molecule has 0 radical (unpaired) electrons. The number of carbonyl (C=O) groups is 1. The lowest BCUT2D eigenvalue weighted by Crippen LogP contribution is -2.17. The molecule has 88 valence electrons. The van der Waals surface area contributed by atoms with Crippen LogP contribution in [-0.2, 0) is 13.0 Å². The molecule has 0 atom stereocenters. The van der Waals surface area contributed by atoms with Crippen molar-refractivity contribution in [3.05, 3.63) is 29.8 Å². The van der Waals surface area contributed by atoms with Gasteiger partial charge >= 0.3 is 0 Å². The number of hydrogen-bond donors (Lipinski definition) is 1. The van der Waals surface area contributed by atoms with E-state index in [9.17, 15) is 4.79 Å². The number of primary amides is 1. The molecule has 2 aromatic rings. The third kappa shape index (κ3) is 1.54. The second-order valence-corrected chi connectivity index (χ2v) is 4.18. The molecular weight excluding hydrogens is 218 g/mol. The number of rotatable bonds is 2. The van der Waals surface area contributed by atoms with Gasteiger partial charge in [-0.15, -0.1) is 0 Å². The van der Waals surface area contributed by atoms with Crippen molar-refractivity contribution in [1.29, 1.82) is 0 Å². The van der Waals surface area contributed by atoms with E-state index in [1.807, 2.05) is 16.7 Å². The molecular formula is C12H13N3O2. The normalized spacial score (nSPS) is 14.6. The number of carbonyl (C=O) groups excluding carboxylic acids is 1. The molecule has 5 heteroatoms. The van der Waals surface area contributed by atoms with Crippen LogP contribution >= 0.6 is 0 Å². The number of imidazole rings is 1. The molecule has 5 nitrogen and oxygen atoms in total. The number of hydrogen-bond acceptors (Lipinski definition) is 3. The molecule has 0 aliphatic carbocycles. The molecule has 3 heterocycles. The van der Waals surface area contributed by atoms with Crippen LogP contribution in [0.3, 0.4) is 0 Å². The quantitative estimate of drug-likeness (QED) is 0.852. The first-order valence-corrected chi connectivity index (χ1v) is 5.70. The van der Waals surface area contributed by atoms with E-state index < -0.39 is 5.91 Å². The summed E-state index contributed by atoms with van der Waals surface area (Å²) >= 11 is 0. The summed E-state index contributed by atoms with van der Waals surface area (Å²) in [5, 5.41) is 0. The summed E-state index contributed by atoms with van der Waals surface area (Å²) < 4.78 is 7.39. The Kier molecular flexibility index (Phi) is 2.24. The van der Waals surface area contributed by atoms with E-state index in [0.717, 1.165) is 31.5 Å². The first kappa shape index (κ1) is 10.1. The number of amides is 1. The molecule has 0 unspecified atom stereocenters. The van der Waals surface area contributed by atoms with E-state index in [1.54, 1.807) is 6.26 Å². The Bertz CT molecular complexity index is 555. The van der Waals surface area contributed by atoms with Gasteiger partial charge in [0.25, 0.3) is 5.91 Å². The minimum Gasteiger partial charge on any atom is -0.461 e. The maximum atomic E-state index is 11.4. The van der Waals surface area contributed by atoms with Gasteiger partial charge in [-0.25, -0.2) is 4.98 Å². The zero-order chi connectivity index (χ0) is 11.8. The SMILES string of the molecule is NC(=O)c1nc(-c2ccco2)n2c1CCCC2. The van der Waals surface area contributed by atoms with Crippen LogP contribution in [0.25, 0.3) is 11.6 Å². The van der Waals surface area contributed by atoms with E-state index in [0.29, 0.717) is 17.3 Å². The standard InChI is InChI=1S/C12H13N3O2/c13-11(16)10-8-4-1-2-6-15(8)12(14-10)9-5-3-7-17-9/h3,5,7H,1-2,4,6H2,(H2,13,16). The van der Waals surface area contributed by atoms with Gasteiger partial charge in [0.1, 0.15) is 5.69 Å². The van der Waals surface area contributed by atoms with Crippen molar-refractivity contribution in [2.24, 2.45) is 5.73 Å². The molecule has 0 spiro atoms. The summed E-state index contributed by atoms with van der Waals surface area (Å²) in [5.74, 6) is 0.924. The van der Waals surface area contributed by atoms with Gasteiger partial charge in [-0.2, -0.15) is 0 Å². The van der Waals surface area contributed by atoms with Gasteiger partial charge in [-0.1, -0.05) is 0 Å². The Morgan fingerprint density at radius 2 is 2.35 bits per heavy atom. The van der Waals surface area contributed by atoms with Crippen molar-refractivity contribution in [2.75, 3.05) is 0 Å². The fourth-order valence-electron chi connectivity index (χ4n) is 2.33. The number of furan rings is 1. The lowest BCUT2D eigenvalue weighted by molar-refractivity contribution is 0.0994.